The van der Waals surface area contributed by atoms with Crippen molar-refractivity contribution in [1.29, 1.82) is 0 Å². The number of rotatable bonds is 3. The Kier molecular flexibility index (Phi) is 3.92. The second kappa shape index (κ2) is 4.99. The van der Waals surface area contributed by atoms with Gasteiger partial charge in [-0.1, -0.05) is 12.1 Å². The third-order valence-corrected chi connectivity index (χ3v) is 1.95. The van der Waals surface area contributed by atoms with E-state index in [-0.39, 0.29) is 6.61 Å². The largest absolute Gasteiger partial charge is 0.396 e. The van der Waals surface area contributed by atoms with E-state index >= 15 is 0 Å². The molecule has 3 nitrogen and oxygen atoms in total. The first-order chi connectivity index (χ1) is 6.27. The number of hydrogen-bond acceptors (Lipinski definition) is 3. The number of hydrogen-bond donors (Lipinski definition) is 1. The molecule has 0 spiro atoms. The van der Waals surface area contributed by atoms with Crippen molar-refractivity contribution < 1.29 is 13.7 Å². The number of aliphatic hydroxyl groups is 1. The van der Waals surface area contributed by atoms with Crippen molar-refractivity contribution in [3.8, 4) is 0 Å². The lowest BCUT2D eigenvalue weighted by atomic mass is 10.1. The van der Waals surface area contributed by atoms with Crippen LogP contribution in [0, 0.1) is 0 Å². The van der Waals surface area contributed by atoms with Crippen molar-refractivity contribution in [1.82, 2.24) is 0 Å². The zero-order valence-corrected chi connectivity index (χ0v) is 8.45. The van der Waals surface area contributed by atoms with Crippen LogP contribution >= 0.6 is 16.3 Å². The molecule has 0 saturated carbocycles. The van der Waals surface area contributed by atoms with E-state index in [9.17, 15) is 4.79 Å². The van der Waals surface area contributed by atoms with Crippen LogP contribution in [-0.4, -0.2) is 17.7 Å². The molecule has 1 aromatic rings. The van der Waals surface area contributed by atoms with Gasteiger partial charge in [0, 0.05) is 6.61 Å². The molecule has 0 radical (unpaired) electrons. The molecule has 4 heteroatoms. The van der Waals surface area contributed by atoms with Crippen molar-refractivity contribution in [2.45, 2.75) is 6.42 Å². The molecule has 1 N–H and O–H groups in total. The van der Waals surface area contributed by atoms with Crippen LogP contribution < -0.4 is 0 Å². The molecule has 70 valence electrons. The molecule has 13 heavy (non-hydrogen) atoms. The average Bonchev–Trinajstić information content (AvgIpc) is 2.18. The van der Waals surface area contributed by atoms with Crippen LogP contribution in [0.4, 0.5) is 0 Å². The van der Waals surface area contributed by atoms with Gasteiger partial charge in [-0.15, -0.1) is 0 Å². The summed E-state index contributed by atoms with van der Waals surface area (Å²) < 4.78 is 4.36. The predicted molar refractivity (Wildman–Crippen MR) is 51.6 cm³/mol. The summed E-state index contributed by atoms with van der Waals surface area (Å²) in [5.74, 6) is -0.421. The predicted octanol–water partition coefficient (Wildman–Crippen LogP) is 1.69. The van der Waals surface area contributed by atoms with Gasteiger partial charge in [-0.2, -0.15) is 0 Å². The van der Waals surface area contributed by atoms with Gasteiger partial charge in [-0.05, 0) is 24.1 Å². The summed E-state index contributed by atoms with van der Waals surface area (Å²) >= 11 is 2.61. The first-order valence-electron chi connectivity index (χ1n) is 3.80. The molecule has 0 aliphatic carbocycles. The maximum Gasteiger partial charge on any atom is 0.349 e. The van der Waals surface area contributed by atoms with Crippen LogP contribution in [0.25, 0.3) is 0 Å². The van der Waals surface area contributed by atoms with Gasteiger partial charge in [-0.3, -0.25) is 0 Å². The smallest absolute Gasteiger partial charge is 0.349 e. The fraction of sp³-hybridized carbons (Fsp3) is 0.222. The summed E-state index contributed by atoms with van der Waals surface area (Å²) in [6.07, 6.45) is 0.601. The average molecular weight is 245 g/mol. The Bertz CT molecular complexity index is 281. The van der Waals surface area contributed by atoms with E-state index < -0.39 is 5.97 Å². The highest BCUT2D eigenvalue weighted by Crippen LogP contribution is 2.07. The Hall–Kier alpha value is -0.870. The van der Waals surface area contributed by atoms with Gasteiger partial charge < -0.3 is 8.93 Å². The highest BCUT2D eigenvalue weighted by Gasteiger charge is 2.04. The number of aliphatic hydroxyl groups excluding tert-OH is 1. The molecule has 0 aromatic heterocycles. The monoisotopic (exact) mass is 244 g/mol. The summed E-state index contributed by atoms with van der Waals surface area (Å²) in [5, 5.41) is 8.65. The molecule has 0 amide bonds. The van der Waals surface area contributed by atoms with Crippen molar-refractivity contribution in [3.05, 3.63) is 35.4 Å². The summed E-state index contributed by atoms with van der Waals surface area (Å²) in [7, 11) is 0. The lowest BCUT2D eigenvalue weighted by molar-refractivity contribution is 0.0782. The fourth-order valence-corrected chi connectivity index (χ4v) is 1.17. The van der Waals surface area contributed by atoms with Gasteiger partial charge in [0.2, 0.25) is 0 Å². The standard InChI is InChI=1S/C9H9BrO3/c10-13-9(12)8-3-1-7(2-4-8)5-6-11/h1-4,11H,5-6H2. The lowest BCUT2D eigenvalue weighted by Gasteiger charge is -1.99. The van der Waals surface area contributed by atoms with Crippen molar-refractivity contribution in [3.63, 3.8) is 0 Å². The second-order valence-electron chi connectivity index (χ2n) is 2.54. The summed E-state index contributed by atoms with van der Waals surface area (Å²) in [4.78, 5) is 11.0. The summed E-state index contributed by atoms with van der Waals surface area (Å²) in [5.41, 5.74) is 1.48. The SMILES string of the molecule is O=C(OBr)c1ccc(CCO)cc1. The van der Waals surface area contributed by atoms with E-state index in [1.807, 2.05) is 0 Å². The Morgan fingerprint density at radius 2 is 2.00 bits per heavy atom. The van der Waals surface area contributed by atoms with Gasteiger partial charge in [0.25, 0.3) is 0 Å². The van der Waals surface area contributed by atoms with Crippen molar-refractivity contribution in [2.75, 3.05) is 6.61 Å². The van der Waals surface area contributed by atoms with E-state index in [2.05, 4.69) is 20.1 Å². The molecule has 0 aliphatic heterocycles. The first-order valence-corrected chi connectivity index (χ1v) is 4.45. The van der Waals surface area contributed by atoms with E-state index in [4.69, 9.17) is 5.11 Å². The van der Waals surface area contributed by atoms with Crippen LogP contribution in [0.15, 0.2) is 24.3 Å². The highest BCUT2D eigenvalue weighted by atomic mass is 79.9. The van der Waals surface area contributed by atoms with Gasteiger partial charge in [-0.25, -0.2) is 4.79 Å². The second-order valence-corrected chi connectivity index (χ2v) is 2.86. The number of carbonyl (C=O) groups is 1. The van der Waals surface area contributed by atoms with Crippen LogP contribution in [0.5, 0.6) is 0 Å². The Balaban J connectivity index is 2.75. The molecule has 0 atom stereocenters. The molecule has 1 aromatic carbocycles. The third kappa shape index (κ3) is 2.82. The van der Waals surface area contributed by atoms with Crippen LogP contribution in [0.1, 0.15) is 15.9 Å². The van der Waals surface area contributed by atoms with Crippen LogP contribution in [0.3, 0.4) is 0 Å². The van der Waals surface area contributed by atoms with Gasteiger partial charge >= 0.3 is 5.97 Å². The van der Waals surface area contributed by atoms with Gasteiger partial charge in [0.05, 0.1) is 5.56 Å². The van der Waals surface area contributed by atoms with Crippen molar-refractivity contribution >= 4 is 22.2 Å². The van der Waals surface area contributed by atoms with E-state index in [0.717, 1.165) is 5.56 Å². The molecule has 0 unspecified atom stereocenters. The normalized spacial score (nSPS) is 9.69. The fourth-order valence-electron chi connectivity index (χ4n) is 0.981. The molecule has 0 aliphatic rings. The van der Waals surface area contributed by atoms with Gasteiger partial charge in [0.1, 0.15) is 0 Å². The van der Waals surface area contributed by atoms with Crippen LogP contribution in [-0.2, 0) is 10.2 Å². The molecular weight excluding hydrogens is 236 g/mol. The minimum atomic E-state index is -0.421. The Morgan fingerprint density at radius 1 is 1.38 bits per heavy atom. The molecule has 0 saturated heterocycles. The quantitative estimate of drug-likeness (QED) is 0.881. The van der Waals surface area contributed by atoms with Crippen molar-refractivity contribution in [2.24, 2.45) is 0 Å². The van der Waals surface area contributed by atoms with Gasteiger partial charge in [0.15, 0.2) is 16.3 Å². The lowest BCUT2D eigenvalue weighted by Crippen LogP contribution is -1.98. The third-order valence-electron chi connectivity index (χ3n) is 1.66. The zero-order chi connectivity index (χ0) is 9.68. The Labute approximate surface area is 84.8 Å². The molecule has 0 fully saturated rings. The number of halogens is 1. The summed E-state index contributed by atoms with van der Waals surface area (Å²) in [6, 6.07) is 6.90. The molecular formula is C9H9BrO3. The number of benzene rings is 1. The van der Waals surface area contributed by atoms with E-state index in [1.165, 1.54) is 0 Å². The highest BCUT2D eigenvalue weighted by molar-refractivity contribution is 9.06. The topological polar surface area (TPSA) is 46.5 Å². The van der Waals surface area contributed by atoms with E-state index in [0.29, 0.717) is 12.0 Å². The summed E-state index contributed by atoms with van der Waals surface area (Å²) in [6.45, 7) is 0.113. The zero-order valence-electron chi connectivity index (χ0n) is 6.87. The van der Waals surface area contributed by atoms with E-state index in [1.54, 1.807) is 24.3 Å². The molecule has 1 rings (SSSR count). The first kappa shape index (κ1) is 10.2. The minimum absolute atomic E-state index is 0.113. The number of carbonyl (C=O) groups excluding carboxylic acids is 1. The minimum Gasteiger partial charge on any atom is -0.396 e. The maximum atomic E-state index is 11.0. The van der Waals surface area contributed by atoms with Crippen LogP contribution in [0.2, 0.25) is 0 Å². The molecule has 0 bridgehead atoms. The Morgan fingerprint density at radius 3 is 2.46 bits per heavy atom. The molecule has 0 heterocycles. The maximum absolute atomic E-state index is 11.0.